The zero-order valence-corrected chi connectivity index (χ0v) is 13.8. The third kappa shape index (κ3) is 2.91. The van der Waals surface area contributed by atoms with Gasteiger partial charge in [-0.1, -0.05) is 19.1 Å². The number of H-pyrrole nitrogens is 1. The van der Waals surface area contributed by atoms with E-state index in [-0.39, 0.29) is 10.9 Å². The Morgan fingerprint density at radius 1 is 1.29 bits per heavy atom. The fourth-order valence-electron chi connectivity index (χ4n) is 2.01. The molecule has 2 aromatic rings. The Labute approximate surface area is 130 Å². The van der Waals surface area contributed by atoms with E-state index in [9.17, 15) is 8.42 Å². The van der Waals surface area contributed by atoms with Gasteiger partial charge in [-0.3, -0.25) is 9.40 Å². The summed E-state index contributed by atoms with van der Waals surface area (Å²) in [6.45, 7) is 3.80. The fraction of sp³-hybridized carbons (Fsp3) is 0.357. The number of nitrogens with zero attached hydrogens (tertiary/aromatic N) is 2. The molecule has 0 aliphatic carbocycles. The lowest BCUT2D eigenvalue weighted by Gasteiger charge is -2.19. The van der Waals surface area contributed by atoms with E-state index in [1.165, 1.54) is 11.4 Å². The normalized spacial score (nSPS) is 11.6. The molecule has 0 aliphatic rings. The van der Waals surface area contributed by atoms with Crippen molar-refractivity contribution in [1.29, 1.82) is 0 Å². The first-order valence-corrected chi connectivity index (χ1v) is 8.57. The van der Waals surface area contributed by atoms with E-state index >= 15 is 0 Å². The highest BCUT2D eigenvalue weighted by atomic mass is 35.5. The molecule has 0 saturated heterocycles. The molecule has 0 unspecified atom stereocenters. The SMILES string of the molecule is CCc1ccc(N(C)S(=O)(=O)c2n[nH]c(C)c2CCl)cc1. The van der Waals surface area contributed by atoms with Gasteiger partial charge in [0.25, 0.3) is 10.0 Å². The number of aromatic amines is 1. The van der Waals surface area contributed by atoms with Gasteiger partial charge < -0.3 is 0 Å². The highest BCUT2D eigenvalue weighted by Gasteiger charge is 2.28. The van der Waals surface area contributed by atoms with Crippen LogP contribution in [0, 0.1) is 6.92 Å². The molecule has 7 heteroatoms. The number of alkyl halides is 1. The maximum atomic E-state index is 12.7. The summed E-state index contributed by atoms with van der Waals surface area (Å²) in [6, 6.07) is 7.41. The van der Waals surface area contributed by atoms with Crippen molar-refractivity contribution in [2.45, 2.75) is 31.2 Å². The van der Waals surface area contributed by atoms with Gasteiger partial charge in [0, 0.05) is 18.3 Å². The fourth-order valence-corrected chi connectivity index (χ4v) is 3.77. The highest BCUT2D eigenvalue weighted by Crippen LogP contribution is 2.25. The predicted molar refractivity (Wildman–Crippen MR) is 84.3 cm³/mol. The monoisotopic (exact) mass is 327 g/mol. The molecule has 0 atom stereocenters. The number of sulfonamides is 1. The lowest BCUT2D eigenvalue weighted by Crippen LogP contribution is -2.27. The van der Waals surface area contributed by atoms with Crippen LogP contribution in [-0.2, 0) is 22.3 Å². The van der Waals surface area contributed by atoms with Gasteiger partial charge in [-0.15, -0.1) is 11.6 Å². The van der Waals surface area contributed by atoms with Gasteiger partial charge in [-0.05, 0) is 31.0 Å². The van der Waals surface area contributed by atoms with Crippen LogP contribution in [0.15, 0.2) is 29.3 Å². The summed E-state index contributed by atoms with van der Waals surface area (Å²) in [7, 11) is -2.21. The van der Waals surface area contributed by atoms with Crippen molar-refractivity contribution in [2.75, 3.05) is 11.4 Å². The Kier molecular flexibility index (Phi) is 4.58. The van der Waals surface area contributed by atoms with Crippen LogP contribution in [0.5, 0.6) is 0 Å². The molecule has 0 amide bonds. The van der Waals surface area contributed by atoms with Crippen molar-refractivity contribution in [2.24, 2.45) is 0 Å². The van der Waals surface area contributed by atoms with Gasteiger partial charge in [-0.25, -0.2) is 0 Å². The van der Waals surface area contributed by atoms with Crippen LogP contribution >= 0.6 is 11.6 Å². The summed E-state index contributed by atoms with van der Waals surface area (Å²) in [4.78, 5) is 0. The predicted octanol–water partition coefficient (Wildman–Crippen LogP) is 2.84. The number of benzene rings is 1. The van der Waals surface area contributed by atoms with Crippen LogP contribution in [-0.4, -0.2) is 25.7 Å². The first kappa shape index (κ1) is 15.9. The number of anilines is 1. The number of hydrogen-bond donors (Lipinski definition) is 1. The standard InChI is InChI=1S/C14H18ClN3O2S/c1-4-11-5-7-12(8-6-11)18(3)21(19,20)14-13(9-15)10(2)16-17-14/h5-8H,4,9H2,1-3H3,(H,16,17). The van der Waals surface area contributed by atoms with Crippen molar-refractivity contribution >= 4 is 27.3 Å². The number of aryl methyl sites for hydroxylation is 2. The maximum Gasteiger partial charge on any atom is 0.283 e. The van der Waals surface area contributed by atoms with Gasteiger partial charge in [0.2, 0.25) is 5.03 Å². The van der Waals surface area contributed by atoms with E-state index in [0.717, 1.165) is 12.0 Å². The van der Waals surface area contributed by atoms with E-state index in [1.54, 1.807) is 19.1 Å². The summed E-state index contributed by atoms with van der Waals surface area (Å²) in [5.74, 6) is 0.0967. The number of halogens is 1. The first-order chi connectivity index (χ1) is 9.91. The second-order valence-corrected chi connectivity index (χ2v) is 6.91. The van der Waals surface area contributed by atoms with Crippen molar-refractivity contribution in [1.82, 2.24) is 10.2 Å². The lowest BCUT2D eigenvalue weighted by atomic mass is 10.1. The number of aromatic nitrogens is 2. The molecule has 2 rings (SSSR count). The topological polar surface area (TPSA) is 66.1 Å². The smallest absolute Gasteiger partial charge is 0.281 e. The first-order valence-electron chi connectivity index (χ1n) is 6.59. The Morgan fingerprint density at radius 3 is 2.43 bits per heavy atom. The summed E-state index contributed by atoms with van der Waals surface area (Å²) in [5.41, 5.74) is 2.92. The van der Waals surface area contributed by atoms with Crippen LogP contribution in [0.2, 0.25) is 0 Å². The zero-order valence-electron chi connectivity index (χ0n) is 12.2. The molecule has 21 heavy (non-hydrogen) atoms. The molecule has 1 aromatic heterocycles. The van der Waals surface area contributed by atoms with Crippen molar-refractivity contribution in [3.05, 3.63) is 41.1 Å². The van der Waals surface area contributed by atoms with E-state index in [1.807, 2.05) is 12.1 Å². The van der Waals surface area contributed by atoms with Gasteiger partial charge in [0.15, 0.2) is 0 Å². The molecule has 0 bridgehead atoms. The molecule has 1 heterocycles. The van der Waals surface area contributed by atoms with Gasteiger partial charge in [-0.2, -0.15) is 13.5 Å². The minimum atomic E-state index is -3.73. The molecule has 5 nitrogen and oxygen atoms in total. The van der Waals surface area contributed by atoms with Crippen molar-refractivity contribution < 1.29 is 8.42 Å². The molecule has 0 fully saturated rings. The van der Waals surface area contributed by atoms with E-state index in [2.05, 4.69) is 17.1 Å². The molecule has 0 spiro atoms. The summed E-state index contributed by atoms with van der Waals surface area (Å²) in [5, 5.41) is 6.56. The van der Waals surface area contributed by atoms with E-state index in [0.29, 0.717) is 16.9 Å². The molecule has 1 N–H and O–H groups in total. The Balaban J connectivity index is 2.42. The second kappa shape index (κ2) is 6.07. The van der Waals surface area contributed by atoms with Crippen molar-refractivity contribution in [3.8, 4) is 0 Å². The van der Waals surface area contributed by atoms with Gasteiger partial charge >= 0.3 is 0 Å². The second-order valence-electron chi connectivity index (χ2n) is 4.76. The summed E-state index contributed by atoms with van der Waals surface area (Å²) in [6.07, 6.45) is 0.908. The minimum Gasteiger partial charge on any atom is -0.281 e. The van der Waals surface area contributed by atoms with Crippen LogP contribution in [0.25, 0.3) is 0 Å². The van der Waals surface area contributed by atoms with Crippen LogP contribution in [0.1, 0.15) is 23.7 Å². The number of nitrogens with one attached hydrogen (secondary N) is 1. The van der Waals surface area contributed by atoms with Gasteiger partial charge in [0.05, 0.1) is 11.6 Å². The quantitative estimate of drug-likeness (QED) is 0.859. The molecular weight excluding hydrogens is 310 g/mol. The van der Waals surface area contributed by atoms with Crippen molar-refractivity contribution in [3.63, 3.8) is 0 Å². The number of rotatable bonds is 5. The average molecular weight is 328 g/mol. The Morgan fingerprint density at radius 2 is 1.90 bits per heavy atom. The molecule has 1 aromatic carbocycles. The Hall–Kier alpha value is -1.53. The third-order valence-electron chi connectivity index (χ3n) is 3.48. The largest absolute Gasteiger partial charge is 0.283 e. The zero-order chi connectivity index (χ0) is 15.6. The van der Waals surface area contributed by atoms with Crippen LogP contribution in [0.4, 0.5) is 5.69 Å². The average Bonchev–Trinajstić information content (AvgIpc) is 2.88. The summed E-state index contributed by atoms with van der Waals surface area (Å²) >= 11 is 5.83. The number of hydrogen-bond acceptors (Lipinski definition) is 3. The highest BCUT2D eigenvalue weighted by molar-refractivity contribution is 7.92. The molecule has 0 saturated carbocycles. The van der Waals surface area contributed by atoms with E-state index < -0.39 is 10.0 Å². The summed E-state index contributed by atoms with van der Waals surface area (Å²) < 4.78 is 26.6. The van der Waals surface area contributed by atoms with E-state index in [4.69, 9.17) is 11.6 Å². The molecule has 0 radical (unpaired) electrons. The molecular formula is C14H18ClN3O2S. The lowest BCUT2D eigenvalue weighted by molar-refractivity contribution is 0.589. The third-order valence-corrected chi connectivity index (χ3v) is 5.51. The van der Waals surface area contributed by atoms with Crippen LogP contribution < -0.4 is 4.31 Å². The molecule has 114 valence electrons. The Bertz CT molecular complexity index is 723. The maximum absolute atomic E-state index is 12.7. The van der Waals surface area contributed by atoms with Crippen LogP contribution in [0.3, 0.4) is 0 Å². The minimum absolute atomic E-state index is 0.0166. The van der Waals surface area contributed by atoms with Gasteiger partial charge in [0.1, 0.15) is 0 Å². The molecule has 0 aliphatic heterocycles.